The molecule has 0 unspecified atom stereocenters. The van der Waals surface area contributed by atoms with Crippen LogP contribution in [0.5, 0.6) is 0 Å². The molecule has 7 heteroatoms. The van der Waals surface area contributed by atoms with E-state index in [0.717, 1.165) is 75.1 Å². The number of hydrogen-bond acceptors (Lipinski definition) is 4. The van der Waals surface area contributed by atoms with Crippen LogP contribution in [0, 0.1) is 5.82 Å². The van der Waals surface area contributed by atoms with Crippen molar-refractivity contribution in [1.29, 1.82) is 0 Å². The normalized spacial score (nSPS) is 14.4. The molecular formula is C32H35FN6. The maximum Gasteiger partial charge on any atom is 0.124 e. The Kier molecular flexibility index (Phi) is 6.69. The zero-order valence-corrected chi connectivity index (χ0v) is 22.6. The summed E-state index contributed by atoms with van der Waals surface area (Å²) in [5, 5.41) is 7.99. The molecule has 2 aromatic carbocycles. The van der Waals surface area contributed by atoms with Gasteiger partial charge in [0.25, 0.3) is 0 Å². The molecule has 5 aromatic rings. The molecule has 1 aliphatic rings. The van der Waals surface area contributed by atoms with Crippen LogP contribution >= 0.6 is 0 Å². The molecule has 0 amide bonds. The van der Waals surface area contributed by atoms with E-state index in [1.54, 1.807) is 12.1 Å². The van der Waals surface area contributed by atoms with Crippen LogP contribution in [0.4, 0.5) is 10.1 Å². The Hall–Kier alpha value is -3.97. The Bertz CT molecular complexity index is 1590. The van der Waals surface area contributed by atoms with Crippen LogP contribution in [-0.2, 0) is 11.8 Å². The van der Waals surface area contributed by atoms with Crippen molar-refractivity contribution in [2.24, 2.45) is 0 Å². The summed E-state index contributed by atoms with van der Waals surface area (Å²) >= 11 is 0. The summed E-state index contributed by atoms with van der Waals surface area (Å²) in [6, 6.07) is 13.7. The molecule has 39 heavy (non-hydrogen) atoms. The molecule has 0 atom stereocenters. The van der Waals surface area contributed by atoms with Gasteiger partial charge in [0.15, 0.2) is 0 Å². The number of nitrogen functional groups attached to an aromatic ring is 1. The highest BCUT2D eigenvalue weighted by molar-refractivity contribution is 5.95. The first-order chi connectivity index (χ1) is 18.9. The van der Waals surface area contributed by atoms with Gasteiger partial charge in [0.2, 0.25) is 0 Å². The van der Waals surface area contributed by atoms with Gasteiger partial charge in [-0.1, -0.05) is 26.0 Å². The molecule has 4 heterocycles. The summed E-state index contributed by atoms with van der Waals surface area (Å²) in [5.74, 6) is -0.208. The van der Waals surface area contributed by atoms with E-state index in [4.69, 9.17) is 5.73 Å². The van der Waals surface area contributed by atoms with Crippen molar-refractivity contribution in [3.8, 4) is 22.3 Å². The maximum atomic E-state index is 14.8. The van der Waals surface area contributed by atoms with Gasteiger partial charge in [-0.2, -0.15) is 5.10 Å². The van der Waals surface area contributed by atoms with Gasteiger partial charge in [0, 0.05) is 45.7 Å². The van der Waals surface area contributed by atoms with Gasteiger partial charge in [-0.25, -0.2) is 4.39 Å². The number of halogens is 1. The summed E-state index contributed by atoms with van der Waals surface area (Å²) < 4.78 is 14.8. The number of hydrogen-bond donors (Lipinski definition) is 3. The number of nitrogens with two attached hydrogens (primary N) is 1. The number of nitrogens with one attached hydrogen (secondary N) is 2. The summed E-state index contributed by atoms with van der Waals surface area (Å²) in [7, 11) is 0. The SMILES string of the molecule is CC(C)(c1cc2c(-c3cc(F)cc(CCCN4CCCC4)c3)cncc2[nH]1)c1cc(-c2cn[nH]c2)ccc1N. The zero-order valence-electron chi connectivity index (χ0n) is 22.6. The lowest BCUT2D eigenvalue weighted by Gasteiger charge is -2.26. The minimum Gasteiger partial charge on any atom is -0.398 e. The summed E-state index contributed by atoms with van der Waals surface area (Å²) in [6.07, 6.45) is 11.8. The first kappa shape index (κ1) is 25.3. The average molecular weight is 523 g/mol. The molecule has 0 radical (unpaired) electrons. The van der Waals surface area contributed by atoms with Gasteiger partial charge in [-0.05, 0) is 97.9 Å². The Labute approximate surface area is 228 Å². The Morgan fingerprint density at radius 2 is 1.82 bits per heavy atom. The molecule has 0 aliphatic carbocycles. The summed E-state index contributed by atoms with van der Waals surface area (Å²) in [4.78, 5) is 10.6. The topological polar surface area (TPSA) is 86.6 Å². The fourth-order valence-electron chi connectivity index (χ4n) is 5.91. The van der Waals surface area contributed by atoms with E-state index in [1.165, 1.54) is 25.9 Å². The minimum absolute atomic E-state index is 0.208. The third kappa shape index (κ3) is 5.06. The zero-order chi connectivity index (χ0) is 27.0. The predicted molar refractivity (Wildman–Crippen MR) is 156 cm³/mol. The van der Waals surface area contributed by atoms with E-state index < -0.39 is 5.41 Å². The molecule has 0 spiro atoms. The van der Waals surface area contributed by atoms with Gasteiger partial charge in [-0.15, -0.1) is 0 Å². The lowest BCUT2D eigenvalue weighted by atomic mass is 9.79. The van der Waals surface area contributed by atoms with E-state index in [-0.39, 0.29) is 5.82 Å². The maximum absolute atomic E-state index is 14.8. The Balaban J connectivity index is 1.33. The van der Waals surface area contributed by atoms with Crippen LogP contribution in [0.1, 0.15) is 49.9 Å². The van der Waals surface area contributed by atoms with Crippen molar-refractivity contribution in [3.63, 3.8) is 0 Å². The Morgan fingerprint density at radius 1 is 0.974 bits per heavy atom. The van der Waals surface area contributed by atoms with Gasteiger partial charge in [0.1, 0.15) is 5.82 Å². The first-order valence-electron chi connectivity index (χ1n) is 13.8. The van der Waals surface area contributed by atoms with Crippen LogP contribution in [-0.4, -0.2) is 44.7 Å². The van der Waals surface area contributed by atoms with Crippen molar-refractivity contribution in [2.75, 3.05) is 25.4 Å². The van der Waals surface area contributed by atoms with E-state index >= 15 is 0 Å². The predicted octanol–water partition coefficient (Wildman–Crippen LogP) is 6.70. The van der Waals surface area contributed by atoms with Crippen molar-refractivity contribution in [1.82, 2.24) is 25.1 Å². The van der Waals surface area contributed by atoms with Gasteiger partial charge in [-0.3, -0.25) is 10.1 Å². The smallest absolute Gasteiger partial charge is 0.124 e. The number of aromatic amines is 2. The monoisotopic (exact) mass is 522 g/mol. The van der Waals surface area contributed by atoms with Crippen molar-refractivity contribution in [2.45, 2.75) is 44.9 Å². The number of aromatic nitrogens is 4. The average Bonchev–Trinajstić information content (AvgIpc) is 3.70. The quantitative estimate of drug-likeness (QED) is 0.198. The highest BCUT2D eigenvalue weighted by Crippen LogP contribution is 2.39. The number of fused-ring (bicyclic) bond motifs is 1. The van der Waals surface area contributed by atoms with Gasteiger partial charge < -0.3 is 15.6 Å². The second kappa shape index (κ2) is 10.3. The first-order valence-corrected chi connectivity index (χ1v) is 13.8. The third-order valence-corrected chi connectivity index (χ3v) is 8.18. The molecule has 1 fully saturated rings. The summed E-state index contributed by atoms with van der Waals surface area (Å²) in [5.41, 5.74) is 14.6. The fraction of sp³-hybridized carbons (Fsp3) is 0.312. The molecule has 6 rings (SSSR count). The second-order valence-electron chi connectivity index (χ2n) is 11.2. The number of aryl methyl sites for hydroxylation is 1. The lowest BCUT2D eigenvalue weighted by molar-refractivity contribution is 0.334. The standard InChI is InChI=1S/C32H35FN6/c1-32(2,28-15-22(7-8-29(28)34)24-17-36-37-18-24)31-16-26-27(19-35-20-30(26)38-31)23-12-21(13-25(33)14-23)6-5-11-39-9-3-4-10-39/h7-8,12-20,38H,3-6,9-11,34H2,1-2H3,(H,36,37). The van der Waals surface area contributed by atoms with Crippen LogP contribution in [0.15, 0.2) is 67.3 Å². The largest absolute Gasteiger partial charge is 0.398 e. The number of pyridine rings is 1. The van der Waals surface area contributed by atoms with E-state index in [0.29, 0.717) is 0 Å². The van der Waals surface area contributed by atoms with E-state index in [2.05, 4.69) is 57.1 Å². The van der Waals surface area contributed by atoms with E-state index in [9.17, 15) is 4.39 Å². The van der Waals surface area contributed by atoms with Crippen LogP contribution in [0.25, 0.3) is 33.2 Å². The lowest BCUT2D eigenvalue weighted by Crippen LogP contribution is -2.21. The van der Waals surface area contributed by atoms with Crippen LogP contribution in [0.3, 0.4) is 0 Å². The molecule has 1 aliphatic heterocycles. The van der Waals surface area contributed by atoms with Gasteiger partial charge >= 0.3 is 0 Å². The molecule has 4 N–H and O–H groups in total. The second-order valence-corrected chi connectivity index (χ2v) is 11.2. The molecule has 3 aromatic heterocycles. The van der Waals surface area contributed by atoms with Crippen molar-refractivity contribution < 1.29 is 4.39 Å². The Morgan fingerprint density at radius 3 is 2.62 bits per heavy atom. The molecule has 6 nitrogen and oxygen atoms in total. The third-order valence-electron chi connectivity index (χ3n) is 8.18. The molecule has 0 saturated carbocycles. The van der Waals surface area contributed by atoms with E-state index in [1.807, 2.05) is 36.9 Å². The van der Waals surface area contributed by atoms with Crippen LogP contribution < -0.4 is 5.73 Å². The number of likely N-dealkylation sites (tertiary alicyclic amines) is 1. The fourth-order valence-corrected chi connectivity index (χ4v) is 5.91. The van der Waals surface area contributed by atoms with Crippen molar-refractivity contribution in [3.05, 3.63) is 89.9 Å². The molecular weight excluding hydrogens is 487 g/mol. The van der Waals surface area contributed by atoms with Crippen molar-refractivity contribution >= 4 is 16.6 Å². The molecule has 0 bridgehead atoms. The minimum atomic E-state index is -0.414. The number of rotatable bonds is 8. The highest BCUT2D eigenvalue weighted by Gasteiger charge is 2.28. The molecule has 1 saturated heterocycles. The molecule has 200 valence electrons. The van der Waals surface area contributed by atoms with Crippen LogP contribution in [0.2, 0.25) is 0 Å². The number of H-pyrrole nitrogens is 2. The number of benzene rings is 2. The number of nitrogens with zero attached hydrogens (tertiary/aromatic N) is 3. The van der Waals surface area contributed by atoms with Gasteiger partial charge in [0.05, 0.1) is 17.9 Å². The highest BCUT2D eigenvalue weighted by atomic mass is 19.1. The summed E-state index contributed by atoms with van der Waals surface area (Å²) in [6.45, 7) is 7.78. The number of anilines is 1.